The Morgan fingerprint density at radius 2 is 1.68 bits per heavy atom. The highest BCUT2D eigenvalue weighted by atomic mass is 127. The average Bonchev–Trinajstić information content (AvgIpc) is 2.88. The molecule has 0 saturated heterocycles. The summed E-state index contributed by atoms with van der Waals surface area (Å²) < 4.78 is 46.0. The number of oxime groups is 1. The molecule has 0 atom stereocenters. The van der Waals surface area contributed by atoms with Crippen molar-refractivity contribution in [2.45, 2.75) is 6.42 Å². The zero-order valence-corrected chi connectivity index (χ0v) is 21.5. The molecule has 0 aliphatic carbocycles. The van der Waals surface area contributed by atoms with Crippen LogP contribution in [-0.4, -0.2) is 48.3 Å². The Morgan fingerprint density at radius 3 is 2.35 bits per heavy atom. The van der Waals surface area contributed by atoms with Gasteiger partial charge in [0, 0.05) is 15.6 Å². The first-order chi connectivity index (χ1) is 17.8. The van der Waals surface area contributed by atoms with Crippen LogP contribution >= 0.6 is 22.6 Å². The van der Waals surface area contributed by atoms with Crippen LogP contribution in [0.15, 0.2) is 59.8 Å². The highest BCUT2D eigenvalue weighted by Crippen LogP contribution is 2.31. The van der Waals surface area contributed by atoms with Crippen molar-refractivity contribution in [3.8, 4) is 0 Å². The van der Waals surface area contributed by atoms with Crippen LogP contribution in [0.3, 0.4) is 0 Å². The van der Waals surface area contributed by atoms with Crippen molar-refractivity contribution < 1.29 is 37.9 Å². The van der Waals surface area contributed by atoms with E-state index in [1.54, 1.807) is 36.4 Å². The number of hydrogen-bond acceptors (Lipinski definition) is 7. The van der Waals surface area contributed by atoms with Gasteiger partial charge >= 0.3 is 0 Å². The van der Waals surface area contributed by atoms with Crippen molar-refractivity contribution in [2.24, 2.45) is 5.16 Å². The third kappa shape index (κ3) is 7.64. The lowest BCUT2D eigenvalue weighted by atomic mass is 9.98. The van der Waals surface area contributed by atoms with Crippen LogP contribution in [-0.2, 0) is 16.1 Å². The first-order valence-electron chi connectivity index (χ1n) is 11.0. The van der Waals surface area contributed by atoms with E-state index < -0.39 is 41.2 Å². The standard InChI is InChI=1S/C25H23F3IN3O5/c26-19-13-16(29)6-7-20(19)30-24-18(25(35)32-37-11-9-34)14-17(22(27)23(24)28)21(31-36-10-8-33)12-15-4-2-1-3-5-15/h1-7,13-14,30,33-34H,8-12H2,(H,32,35). The fraction of sp³-hybridized carbons (Fsp3) is 0.200. The predicted octanol–water partition coefficient (Wildman–Crippen LogP) is 4.06. The Bertz CT molecular complexity index is 1260. The molecule has 0 saturated carbocycles. The molecule has 12 heteroatoms. The number of hydroxylamine groups is 1. The lowest BCUT2D eigenvalue weighted by Gasteiger charge is -2.17. The Hall–Kier alpha value is -3.20. The van der Waals surface area contributed by atoms with E-state index in [0.29, 0.717) is 9.13 Å². The van der Waals surface area contributed by atoms with E-state index in [1.807, 2.05) is 28.1 Å². The highest BCUT2D eigenvalue weighted by molar-refractivity contribution is 14.1. The molecule has 0 radical (unpaired) electrons. The minimum Gasteiger partial charge on any atom is -0.394 e. The maximum Gasteiger partial charge on any atom is 0.277 e. The summed E-state index contributed by atoms with van der Waals surface area (Å²) in [7, 11) is 0. The van der Waals surface area contributed by atoms with Gasteiger partial charge in [-0.25, -0.2) is 18.7 Å². The molecule has 3 aromatic carbocycles. The van der Waals surface area contributed by atoms with Crippen LogP contribution in [0.5, 0.6) is 0 Å². The van der Waals surface area contributed by atoms with E-state index >= 15 is 8.78 Å². The average molecular weight is 629 g/mol. The largest absolute Gasteiger partial charge is 0.394 e. The van der Waals surface area contributed by atoms with Gasteiger partial charge in [-0.15, -0.1) is 0 Å². The van der Waals surface area contributed by atoms with Gasteiger partial charge < -0.3 is 20.4 Å². The molecule has 3 rings (SSSR count). The number of carbonyl (C=O) groups excluding carboxylic acids is 1. The van der Waals surface area contributed by atoms with E-state index in [9.17, 15) is 9.18 Å². The first kappa shape index (κ1) is 28.4. The van der Waals surface area contributed by atoms with Crippen LogP contribution in [0.25, 0.3) is 0 Å². The number of anilines is 2. The molecule has 1 amide bonds. The Kier molecular flexibility index (Phi) is 10.7. The maximum atomic E-state index is 15.5. The summed E-state index contributed by atoms with van der Waals surface area (Å²) in [5.41, 5.74) is 1.02. The van der Waals surface area contributed by atoms with Gasteiger partial charge in [-0.05, 0) is 52.4 Å². The Labute approximate surface area is 224 Å². The molecule has 0 heterocycles. The fourth-order valence-corrected chi connectivity index (χ4v) is 3.66. The Balaban J connectivity index is 2.13. The second kappa shape index (κ2) is 13.9. The number of halogens is 4. The van der Waals surface area contributed by atoms with Gasteiger partial charge in [-0.3, -0.25) is 9.63 Å². The lowest BCUT2D eigenvalue weighted by molar-refractivity contribution is 0.0168. The minimum absolute atomic E-state index is 0.00320. The topological polar surface area (TPSA) is 112 Å². The van der Waals surface area contributed by atoms with Crippen molar-refractivity contribution in [2.75, 3.05) is 31.7 Å². The molecule has 0 aromatic heterocycles. The maximum absolute atomic E-state index is 15.5. The fourth-order valence-electron chi connectivity index (χ4n) is 3.21. The summed E-state index contributed by atoms with van der Waals surface area (Å²) in [5, 5.41) is 24.2. The summed E-state index contributed by atoms with van der Waals surface area (Å²) >= 11 is 1.89. The number of nitrogens with one attached hydrogen (secondary N) is 2. The predicted molar refractivity (Wildman–Crippen MR) is 139 cm³/mol. The van der Waals surface area contributed by atoms with E-state index in [2.05, 4.69) is 10.5 Å². The third-order valence-corrected chi connectivity index (χ3v) is 5.55. The normalized spacial score (nSPS) is 11.4. The molecule has 0 spiro atoms. The van der Waals surface area contributed by atoms with Gasteiger partial charge in [0.05, 0.1) is 42.5 Å². The molecule has 3 aromatic rings. The number of rotatable bonds is 12. The number of hydrogen-bond donors (Lipinski definition) is 4. The molecule has 4 N–H and O–H groups in total. The zero-order chi connectivity index (χ0) is 26.8. The number of benzene rings is 3. The van der Waals surface area contributed by atoms with Gasteiger partial charge in [-0.1, -0.05) is 35.5 Å². The summed E-state index contributed by atoms with van der Waals surface area (Å²) in [6, 6.07) is 13.8. The van der Waals surface area contributed by atoms with Crippen LogP contribution in [0.2, 0.25) is 0 Å². The van der Waals surface area contributed by atoms with Gasteiger partial charge in [0.15, 0.2) is 11.6 Å². The van der Waals surface area contributed by atoms with Crippen molar-refractivity contribution in [3.63, 3.8) is 0 Å². The van der Waals surface area contributed by atoms with E-state index in [-0.39, 0.29) is 43.2 Å². The molecule has 37 heavy (non-hydrogen) atoms. The summed E-state index contributed by atoms with van der Waals surface area (Å²) in [6.07, 6.45) is 0.00320. The zero-order valence-electron chi connectivity index (χ0n) is 19.3. The molecular weight excluding hydrogens is 606 g/mol. The number of nitrogens with zero attached hydrogens (tertiary/aromatic N) is 1. The molecular formula is C25H23F3IN3O5. The summed E-state index contributed by atoms with van der Waals surface area (Å²) in [4.78, 5) is 22.7. The van der Waals surface area contributed by atoms with Crippen molar-refractivity contribution in [3.05, 3.63) is 92.3 Å². The quantitative estimate of drug-likeness (QED) is 0.104. The third-order valence-electron chi connectivity index (χ3n) is 4.88. The number of amides is 1. The minimum atomic E-state index is -1.47. The van der Waals surface area contributed by atoms with Crippen molar-refractivity contribution in [1.82, 2.24) is 5.48 Å². The molecule has 0 aliphatic heterocycles. The van der Waals surface area contributed by atoms with Gasteiger partial charge in [-0.2, -0.15) is 0 Å². The summed E-state index contributed by atoms with van der Waals surface area (Å²) in [6.45, 7) is -1.22. The highest BCUT2D eigenvalue weighted by Gasteiger charge is 2.26. The number of aliphatic hydroxyl groups is 2. The first-order valence-corrected chi connectivity index (χ1v) is 12.0. The van der Waals surface area contributed by atoms with Crippen LogP contribution < -0.4 is 10.8 Å². The van der Waals surface area contributed by atoms with Crippen LogP contribution in [0.4, 0.5) is 24.5 Å². The SMILES string of the molecule is O=C(NOCCO)c1cc(C(Cc2ccccc2)=NOCCO)c(F)c(F)c1Nc1ccc(I)cc1F. The second-order valence-corrected chi connectivity index (χ2v) is 8.73. The van der Waals surface area contributed by atoms with Crippen molar-refractivity contribution in [1.29, 1.82) is 0 Å². The summed E-state index contributed by atoms with van der Waals surface area (Å²) in [5.74, 6) is -4.56. The van der Waals surface area contributed by atoms with Gasteiger partial charge in [0.2, 0.25) is 0 Å². The molecule has 0 bridgehead atoms. The van der Waals surface area contributed by atoms with Crippen LogP contribution in [0.1, 0.15) is 21.5 Å². The van der Waals surface area contributed by atoms with E-state index in [4.69, 9.17) is 19.9 Å². The second-order valence-electron chi connectivity index (χ2n) is 7.48. The van der Waals surface area contributed by atoms with E-state index in [0.717, 1.165) is 6.07 Å². The number of aliphatic hydroxyl groups excluding tert-OH is 2. The van der Waals surface area contributed by atoms with E-state index in [1.165, 1.54) is 12.1 Å². The lowest BCUT2D eigenvalue weighted by Crippen LogP contribution is -2.27. The van der Waals surface area contributed by atoms with Gasteiger partial charge in [0.25, 0.3) is 5.91 Å². The molecule has 0 aliphatic rings. The van der Waals surface area contributed by atoms with Crippen molar-refractivity contribution >= 4 is 45.6 Å². The number of carbonyl (C=O) groups is 1. The molecule has 0 unspecified atom stereocenters. The monoisotopic (exact) mass is 629 g/mol. The molecule has 196 valence electrons. The van der Waals surface area contributed by atoms with Crippen LogP contribution in [0, 0.1) is 21.0 Å². The Morgan fingerprint density at radius 1 is 0.946 bits per heavy atom. The molecule has 0 fully saturated rings. The van der Waals surface area contributed by atoms with Gasteiger partial charge in [0.1, 0.15) is 12.4 Å². The molecule has 8 nitrogen and oxygen atoms in total. The smallest absolute Gasteiger partial charge is 0.277 e.